The topological polar surface area (TPSA) is 52.0 Å². The van der Waals surface area contributed by atoms with Crippen LogP contribution in [-0.4, -0.2) is 21.9 Å². The van der Waals surface area contributed by atoms with Gasteiger partial charge in [-0.25, -0.2) is 4.98 Å². The van der Waals surface area contributed by atoms with Crippen molar-refractivity contribution in [3.8, 4) is 5.88 Å². The molecule has 0 spiro atoms. The third kappa shape index (κ3) is 3.12. The van der Waals surface area contributed by atoms with E-state index in [1.807, 2.05) is 37.0 Å². The fourth-order valence-electron chi connectivity index (χ4n) is 2.16. The average Bonchev–Trinajstić information content (AvgIpc) is 2.75. The zero-order chi connectivity index (χ0) is 13.8. The van der Waals surface area contributed by atoms with E-state index in [2.05, 4.69) is 22.3 Å². The molecule has 1 unspecified atom stereocenters. The van der Waals surface area contributed by atoms with Crippen molar-refractivity contribution >= 4 is 0 Å². The van der Waals surface area contributed by atoms with Crippen LogP contribution in [0.4, 0.5) is 0 Å². The summed E-state index contributed by atoms with van der Waals surface area (Å²) in [5, 5.41) is 7.83. The summed E-state index contributed by atoms with van der Waals surface area (Å²) < 4.78 is 7.08. The standard InChI is InChI=1S/C14H20N4O/c1-10(13-9-18(3)17-11(13)2)16-8-12-6-5-7-15-14(12)19-4/h5-7,9-10,16H,8H2,1-4H3. The maximum Gasteiger partial charge on any atom is 0.217 e. The number of methoxy groups -OCH3 is 1. The SMILES string of the molecule is COc1ncccc1CNC(C)c1cn(C)nc1C. The maximum atomic E-state index is 5.24. The van der Waals surface area contributed by atoms with Gasteiger partial charge in [-0.1, -0.05) is 6.07 Å². The monoisotopic (exact) mass is 260 g/mol. The lowest BCUT2D eigenvalue weighted by Gasteiger charge is -2.14. The van der Waals surface area contributed by atoms with Gasteiger partial charge in [-0.05, 0) is 19.9 Å². The molecule has 0 aliphatic heterocycles. The Balaban J connectivity index is 2.04. The van der Waals surface area contributed by atoms with Crippen LogP contribution in [0.25, 0.3) is 0 Å². The number of ether oxygens (including phenoxy) is 1. The summed E-state index contributed by atoms with van der Waals surface area (Å²) >= 11 is 0. The second kappa shape index (κ2) is 5.84. The molecular formula is C14H20N4O. The summed E-state index contributed by atoms with van der Waals surface area (Å²) in [6.45, 7) is 4.87. The average molecular weight is 260 g/mol. The molecular weight excluding hydrogens is 240 g/mol. The third-order valence-corrected chi connectivity index (χ3v) is 3.16. The molecule has 1 atom stereocenters. The summed E-state index contributed by atoms with van der Waals surface area (Å²) in [6.07, 6.45) is 3.78. The minimum Gasteiger partial charge on any atom is -0.481 e. The first-order valence-electron chi connectivity index (χ1n) is 6.33. The van der Waals surface area contributed by atoms with Gasteiger partial charge in [0.05, 0.1) is 12.8 Å². The molecule has 102 valence electrons. The Morgan fingerprint density at radius 1 is 1.47 bits per heavy atom. The van der Waals surface area contributed by atoms with Crippen LogP contribution in [0.2, 0.25) is 0 Å². The summed E-state index contributed by atoms with van der Waals surface area (Å²) in [4.78, 5) is 4.19. The molecule has 1 N–H and O–H groups in total. The molecule has 0 aromatic carbocycles. The highest BCUT2D eigenvalue weighted by Gasteiger charge is 2.12. The Morgan fingerprint density at radius 2 is 2.26 bits per heavy atom. The van der Waals surface area contributed by atoms with Gasteiger partial charge in [0.25, 0.3) is 0 Å². The first-order chi connectivity index (χ1) is 9.11. The number of pyridine rings is 1. The van der Waals surface area contributed by atoms with Crippen molar-refractivity contribution in [3.63, 3.8) is 0 Å². The van der Waals surface area contributed by atoms with Crippen LogP contribution in [0, 0.1) is 6.92 Å². The molecule has 0 aliphatic carbocycles. The minimum atomic E-state index is 0.235. The number of hydrogen-bond acceptors (Lipinski definition) is 4. The molecule has 0 radical (unpaired) electrons. The minimum absolute atomic E-state index is 0.235. The van der Waals surface area contributed by atoms with Crippen molar-refractivity contribution < 1.29 is 4.74 Å². The highest BCUT2D eigenvalue weighted by molar-refractivity contribution is 5.26. The van der Waals surface area contributed by atoms with Gasteiger partial charge in [-0.3, -0.25) is 4.68 Å². The Kier molecular flexibility index (Phi) is 4.16. The number of nitrogens with zero attached hydrogens (tertiary/aromatic N) is 3. The van der Waals surface area contributed by atoms with E-state index in [9.17, 15) is 0 Å². The van der Waals surface area contributed by atoms with Gasteiger partial charge in [0.15, 0.2) is 0 Å². The zero-order valence-electron chi connectivity index (χ0n) is 11.8. The van der Waals surface area contributed by atoms with Crippen molar-refractivity contribution in [3.05, 3.63) is 41.3 Å². The van der Waals surface area contributed by atoms with Crippen LogP contribution < -0.4 is 10.1 Å². The smallest absolute Gasteiger partial charge is 0.217 e. The van der Waals surface area contributed by atoms with E-state index in [4.69, 9.17) is 4.74 Å². The second-order valence-corrected chi connectivity index (χ2v) is 4.62. The van der Waals surface area contributed by atoms with Crippen LogP contribution in [0.3, 0.4) is 0 Å². The molecule has 5 nitrogen and oxygen atoms in total. The van der Waals surface area contributed by atoms with Gasteiger partial charge in [-0.2, -0.15) is 5.10 Å². The number of aromatic nitrogens is 3. The second-order valence-electron chi connectivity index (χ2n) is 4.62. The van der Waals surface area contributed by atoms with E-state index >= 15 is 0 Å². The lowest BCUT2D eigenvalue weighted by Crippen LogP contribution is -2.19. The molecule has 0 bridgehead atoms. The lowest BCUT2D eigenvalue weighted by molar-refractivity contribution is 0.389. The largest absolute Gasteiger partial charge is 0.481 e. The van der Waals surface area contributed by atoms with Gasteiger partial charge in [-0.15, -0.1) is 0 Å². The third-order valence-electron chi connectivity index (χ3n) is 3.16. The first-order valence-corrected chi connectivity index (χ1v) is 6.33. The van der Waals surface area contributed by atoms with Crippen LogP contribution >= 0.6 is 0 Å². The molecule has 2 heterocycles. The van der Waals surface area contributed by atoms with Crippen LogP contribution in [0.15, 0.2) is 24.5 Å². The summed E-state index contributed by atoms with van der Waals surface area (Å²) in [5.41, 5.74) is 3.32. The summed E-state index contributed by atoms with van der Waals surface area (Å²) in [5.74, 6) is 0.671. The molecule has 0 saturated heterocycles. The predicted octanol–water partition coefficient (Wildman–Crippen LogP) is 1.98. The molecule has 0 amide bonds. The van der Waals surface area contributed by atoms with E-state index < -0.39 is 0 Å². The van der Waals surface area contributed by atoms with Gasteiger partial charge in [0.2, 0.25) is 5.88 Å². The Morgan fingerprint density at radius 3 is 2.89 bits per heavy atom. The Hall–Kier alpha value is -1.88. The van der Waals surface area contributed by atoms with Crippen molar-refractivity contribution in [1.82, 2.24) is 20.1 Å². The van der Waals surface area contributed by atoms with E-state index in [-0.39, 0.29) is 6.04 Å². The highest BCUT2D eigenvalue weighted by atomic mass is 16.5. The molecule has 5 heteroatoms. The number of aryl methyl sites for hydroxylation is 2. The fourth-order valence-corrected chi connectivity index (χ4v) is 2.16. The normalized spacial score (nSPS) is 12.4. The van der Waals surface area contributed by atoms with Crippen molar-refractivity contribution in [1.29, 1.82) is 0 Å². The quantitative estimate of drug-likeness (QED) is 0.893. The van der Waals surface area contributed by atoms with Gasteiger partial charge >= 0.3 is 0 Å². The number of rotatable bonds is 5. The van der Waals surface area contributed by atoms with Crippen LogP contribution in [0.5, 0.6) is 5.88 Å². The Bertz CT molecular complexity index is 550. The lowest BCUT2D eigenvalue weighted by atomic mass is 10.1. The van der Waals surface area contributed by atoms with E-state index in [1.165, 1.54) is 5.56 Å². The first kappa shape index (κ1) is 13.5. The van der Waals surface area contributed by atoms with Crippen LogP contribution in [-0.2, 0) is 13.6 Å². The van der Waals surface area contributed by atoms with E-state index in [0.29, 0.717) is 12.4 Å². The molecule has 19 heavy (non-hydrogen) atoms. The van der Waals surface area contributed by atoms with Gasteiger partial charge in [0.1, 0.15) is 0 Å². The zero-order valence-corrected chi connectivity index (χ0v) is 11.8. The molecule has 0 fully saturated rings. The molecule has 2 aromatic rings. The number of hydrogen-bond donors (Lipinski definition) is 1. The number of nitrogens with one attached hydrogen (secondary N) is 1. The van der Waals surface area contributed by atoms with Crippen molar-refractivity contribution in [2.75, 3.05) is 7.11 Å². The molecule has 0 saturated carbocycles. The van der Waals surface area contributed by atoms with Crippen molar-refractivity contribution in [2.24, 2.45) is 7.05 Å². The predicted molar refractivity (Wildman–Crippen MR) is 74.0 cm³/mol. The van der Waals surface area contributed by atoms with Gasteiger partial charge < -0.3 is 10.1 Å². The fraction of sp³-hybridized carbons (Fsp3) is 0.429. The van der Waals surface area contributed by atoms with E-state index in [0.717, 1.165) is 11.3 Å². The van der Waals surface area contributed by atoms with Gasteiger partial charge in [0, 0.05) is 43.2 Å². The summed E-state index contributed by atoms with van der Waals surface area (Å²) in [7, 11) is 3.58. The molecule has 2 rings (SSSR count). The molecule has 2 aromatic heterocycles. The van der Waals surface area contributed by atoms with Crippen LogP contribution in [0.1, 0.15) is 29.8 Å². The van der Waals surface area contributed by atoms with E-state index in [1.54, 1.807) is 13.3 Å². The van der Waals surface area contributed by atoms with Crippen molar-refractivity contribution in [2.45, 2.75) is 26.4 Å². The maximum absolute atomic E-state index is 5.24. The summed E-state index contributed by atoms with van der Waals surface area (Å²) in [6, 6.07) is 4.17. The highest BCUT2D eigenvalue weighted by Crippen LogP contribution is 2.18. The molecule has 0 aliphatic rings. The Labute approximate surface area is 113 Å².